The van der Waals surface area contributed by atoms with Crippen molar-refractivity contribution in [3.63, 3.8) is 0 Å². The number of hydrogen-bond donors (Lipinski definition) is 2. The van der Waals surface area contributed by atoms with Gasteiger partial charge in [-0.15, -0.1) is 0 Å². The molecule has 5 nitrogen and oxygen atoms in total. The molecule has 1 aromatic heterocycles. The molecule has 78 valence electrons. The first-order valence-corrected chi connectivity index (χ1v) is 4.96. The lowest BCUT2D eigenvalue weighted by Crippen LogP contribution is -2.42. The van der Waals surface area contributed by atoms with Gasteiger partial charge in [-0.2, -0.15) is 0 Å². The number of nitrogens with one attached hydrogen (secondary N) is 1. The summed E-state index contributed by atoms with van der Waals surface area (Å²) < 4.78 is 1.86. The zero-order chi connectivity index (χ0) is 9.97. The van der Waals surface area contributed by atoms with Crippen molar-refractivity contribution in [2.24, 2.45) is 7.05 Å². The van der Waals surface area contributed by atoms with Gasteiger partial charge in [-0.3, -0.25) is 4.90 Å². The second kappa shape index (κ2) is 3.98. The van der Waals surface area contributed by atoms with Crippen LogP contribution >= 0.6 is 0 Å². The van der Waals surface area contributed by atoms with Crippen molar-refractivity contribution in [3.8, 4) is 0 Å². The predicted octanol–water partition coefficient (Wildman–Crippen LogP) is -0.592. The summed E-state index contributed by atoms with van der Waals surface area (Å²) in [6.07, 6.45) is 2.00. The number of nitrogen functional groups attached to an aromatic ring is 1. The summed E-state index contributed by atoms with van der Waals surface area (Å²) in [5.41, 5.74) is 6.73. The molecule has 1 saturated heterocycles. The Kier molecular flexibility index (Phi) is 2.69. The normalized spacial score (nSPS) is 18.6. The van der Waals surface area contributed by atoms with Crippen LogP contribution in [0.1, 0.15) is 5.69 Å². The van der Waals surface area contributed by atoms with Crippen molar-refractivity contribution >= 4 is 5.95 Å². The smallest absolute Gasteiger partial charge is 0.200 e. The zero-order valence-electron chi connectivity index (χ0n) is 8.53. The Hall–Kier alpha value is -1.07. The molecule has 0 spiro atoms. The lowest BCUT2D eigenvalue weighted by atomic mass is 10.3. The molecule has 1 aliphatic rings. The zero-order valence-corrected chi connectivity index (χ0v) is 8.53. The van der Waals surface area contributed by atoms with Gasteiger partial charge in [0.25, 0.3) is 0 Å². The molecule has 1 aliphatic heterocycles. The number of anilines is 1. The van der Waals surface area contributed by atoms with Crippen LogP contribution in [0, 0.1) is 0 Å². The predicted molar refractivity (Wildman–Crippen MR) is 55.8 cm³/mol. The van der Waals surface area contributed by atoms with Crippen LogP contribution in [0.2, 0.25) is 0 Å². The van der Waals surface area contributed by atoms with E-state index in [4.69, 9.17) is 5.73 Å². The Labute approximate surface area is 83.9 Å². The van der Waals surface area contributed by atoms with E-state index in [1.165, 1.54) is 0 Å². The number of aromatic nitrogens is 2. The fourth-order valence-corrected chi connectivity index (χ4v) is 1.72. The molecule has 0 unspecified atom stereocenters. The summed E-state index contributed by atoms with van der Waals surface area (Å²) in [5.74, 6) is 0.593. The van der Waals surface area contributed by atoms with Gasteiger partial charge in [0, 0.05) is 46.0 Å². The SMILES string of the molecule is Cn1cc(CN2CCNCC2)nc1N. The molecule has 1 aromatic rings. The minimum Gasteiger partial charge on any atom is -0.369 e. The Morgan fingerprint density at radius 3 is 2.79 bits per heavy atom. The Bertz CT molecular complexity index is 281. The van der Waals surface area contributed by atoms with Crippen LogP contribution in [0.25, 0.3) is 0 Å². The van der Waals surface area contributed by atoms with Gasteiger partial charge < -0.3 is 15.6 Å². The lowest BCUT2D eigenvalue weighted by Gasteiger charge is -2.26. The van der Waals surface area contributed by atoms with E-state index < -0.39 is 0 Å². The van der Waals surface area contributed by atoms with Crippen molar-refractivity contribution < 1.29 is 0 Å². The van der Waals surface area contributed by atoms with E-state index >= 15 is 0 Å². The van der Waals surface area contributed by atoms with Gasteiger partial charge in [0.1, 0.15) is 0 Å². The lowest BCUT2D eigenvalue weighted by molar-refractivity contribution is 0.231. The maximum atomic E-state index is 5.67. The quantitative estimate of drug-likeness (QED) is 0.662. The van der Waals surface area contributed by atoms with Gasteiger partial charge in [-0.05, 0) is 0 Å². The van der Waals surface area contributed by atoms with Crippen LogP contribution < -0.4 is 11.1 Å². The van der Waals surface area contributed by atoms with Gasteiger partial charge in [-0.1, -0.05) is 0 Å². The summed E-state index contributed by atoms with van der Waals surface area (Å²) in [7, 11) is 1.92. The highest BCUT2D eigenvalue weighted by molar-refractivity contribution is 5.21. The van der Waals surface area contributed by atoms with Gasteiger partial charge >= 0.3 is 0 Å². The van der Waals surface area contributed by atoms with E-state index in [1.54, 1.807) is 0 Å². The summed E-state index contributed by atoms with van der Waals surface area (Å²) in [6.45, 7) is 5.24. The van der Waals surface area contributed by atoms with Crippen LogP contribution in [-0.4, -0.2) is 40.6 Å². The Balaban J connectivity index is 1.95. The minimum atomic E-state index is 0.593. The molecule has 0 amide bonds. The molecule has 2 rings (SSSR count). The highest BCUT2D eigenvalue weighted by Crippen LogP contribution is 2.06. The summed E-state index contributed by atoms with van der Waals surface area (Å²) in [6, 6.07) is 0. The van der Waals surface area contributed by atoms with E-state index in [-0.39, 0.29) is 0 Å². The van der Waals surface area contributed by atoms with Gasteiger partial charge in [0.15, 0.2) is 5.95 Å². The van der Waals surface area contributed by atoms with Crippen LogP contribution in [-0.2, 0) is 13.6 Å². The summed E-state index contributed by atoms with van der Waals surface area (Å²) in [4.78, 5) is 6.67. The van der Waals surface area contributed by atoms with Gasteiger partial charge in [-0.25, -0.2) is 4.98 Å². The molecule has 0 aliphatic carbocycles. The third kappa shape index (κ3) is 2.05. The van der Waals surface area contributed by atoms with E-state index in [2.05, 4.69) is 15.2 Å². The number of imidazole rings is 1. The fourth-order valence-electron chi connectivity index (χ4n) is 1.72. The Morgan fingerprint density at radius 1 is 1.50 bits per heavy atom. The van der Waals surface area contributed by atoms with E-state index in [1.807, 2.05) is 17.8 Å². The molecule has 0 bridgehead atoms. The van der Waals surface area contributed by atoms with Crippen LogP contribution in [0.15, 0.2) is 6.20 Å². The second-order valence-electron chi connectivity index (χ2n) is 3.73. The average Bonchev–Trinajstić information content (AvgIpc) is 2.47. The maximum absolute atomic E-state index is 5.67. The van der Waals surface area contributed by atoms with Crippen molar-refractivity contribution in [1.29, 1.82) is 0 Å². The standard InChI is InChI=1S/C9H17N5/c1-13-6-8(12-9(13)10)7-14-4-2-11-3-5-14/h6,11H,2-5,7H2,1H3,(H2,10,12). The Morgan fingerprint density at radius 2 is 2.21 bits per heavy atom. The molecule has 0 atom stereocenters. The first kappa shape index (κ1) is 9.48. The van der Waals surface area contributed by atoms with E-state index in [0.717, 1.165) is 38.4 Å². The molecule has 14 heavy (non-hydrogen) atoms. The molecular weight excluding hydrogens is 178 g/mol. The minimum absolute atomic E-state index is 0.593. The number of hydrogen-bond acceptors (Lipinski definition) is 4. The number of nitrogens with zero attached hydrogens (tertiary/aromatic N) is 3. The molecule has 0 saturated carbocycles. The third-order valence-electron chi connectivity index (χ3n) is 2.56. The monoisotopic (exact) mass is 195 g/mol. The number of nitrogens with two attached hydrogens (primary N) is 1. The van der Waals surface area contributed by atoms with Gasteiger partial charge in [0.05, 0.1) is 5.69 Å². The van der Waals surface area contributed by atoms with E-state index in [0.29, 0.717) is 5.95 Å². The average molecular weight is 195 g/mol. The fraction of sp³-hybridized carbons (Fsp3) is 0.667. The van der Waals surface area contributed by atoms with Crippen molar-refractivity contribution in [3.05, 3.63) is 11.9 Å². The molecule has 1 fully saturated rings. The molecule has 3 N–H and O–H groups in total. The van der Waals surface area contributed by atoms with E-state index in [9.17, 15) is 0 Å². The number of rotatable bonds is 2. The highest BCUT2D eigenvalue weighted by Gasteiger charge is 2.11. The molecule has 2 heterocycles. The van der Waals surface area contributed by atoms with Crippen LogP contribution in [0.5, 0.6) is 0 Å². The molecule has 0 radical (unpaired) electrons. The molecule has 5 heteroatoms. The second-order valence-corrected chi connectivity index (χ2v) is 3.73. The third-order valence-corrected chi connectivity index (χ3v) is 2.56. The molecular formula is C9H17N5. The number of aryl methyl sites for hydroxylation is 1. The van der Waals surface area contributed by atoms with Crippen molar-refractivity contribution in [2.45, 2.75) is 6.54 Å². The molecule has 0 aromatic carbocycles. The topological polar surface area (TPSA) is 59.1 Å². The number of piperazine rings is 1. The first-order valence-electron chi connectivity index (χ1n) is 4.96. The van der Waals surface area contributed by atoms with Crippen LogP contribution in [0.4, 0.5) is 5.95 Å². The summed E-state index contributed by atoms with van der Waals surface area (Å²) >= 11 is 0. The maximum Gasteiger partial charge on any atom is 0.200 e. The van der Waals surface area contributed by atoms with Crippen molar-refractivity contribution in [1.82, 2.24) is 19.8 Å². The van der Waals surface area contributed by atoms with Crippen molar-refractivity contribution in [2.75, 3.05) is 31.9 Å². The van der Waals surface area contributed by atoms with Gasteiger partial charge in [0.2, 0.25) is 0 Å². The highest BCUT2D eigenvalue weighted by atomic mass is 15.2. The largest absolute Gasteiger partial charge is 0.369 e. The summed E-state index contributed by atoms with van der Waals surface area (Å²) in [5, 5.41) is 3.33. The van der Waals surface area contributed by atoms with Crippen LogP contribution in [0.3, 0.4) is 0 Å². The first-order chi connectivity index (χ1) is 6.75.